The van der Waals surface area contributed by atoms with Gasteiger partial charge in [0.2, 0.25) is 5.60 Å². The number of benzene rings is 1. The van der Waals surface area contributed by atoms with Crippen LogP contribution in [0.5, 0.6) is 0 Å². The van der Waals surface area contributed by atoms with Crippen LogP contribution in [0.25, 0.3) is 0 Å². The monoisotopic (exact) mass is 238 g/mol. The van der Waals surface area contributed by atoms with E-state index >= 15 is 0 Å². The number of carboxylic acids is 1. The van der Waals surface area contributed by atoms with Crippen molar-refractivity contribution in [1.29, 1.82) is 0 Å². The summed E-state index contributed by atoms with van der Waals surface area (Å²) < 4.78 is 0. The molecule has 1 aromatic rings. The summed E-state index contributed by atoms with van der Waals surface area (Å²) >= 11 is 0. The quantitative estimate of drug-likeness (QED) is 0.719. The van der Waals surface area contributed by atoms with Crippen LogP contribution in [0.1, 0.15) is 25.0 Å². The molecule has 0 aliphatic carbocycles. The summed E-state index contributed by atoms with van der Waals surface area (Å²) in [6, 6.07) is 6.64. The fourth-order valence-corrected chi connectivity index (χ4v) is 1.67. The van der Waals surface area contributed by atoms with Crippen molar-refractivity contribution < 1.29 is 20.1 Å². The summed E-state index contributed by atoms with van der Waals surface area (Å²) in [6.07, 6.45) is 0.894. The van der Waals surface area contributed by atoms with Gasteiger partial charge in [-0.25, -0.2) is 4.79 Å². The summed E-state index contributed by atoms with van der Waals surface area (Å²) in [6.45, 7) is 3.34. The van der Waals surface area contributed by atoms with E-state index in [-0.39, 0.29) is 5.56 Å². The molecule has 1 unspecified atom stereocenters. The highest BCUT2D eigenvalue weighted by atomic mass is 16.4. The maximum Gasteiger partial charge on any atom is 0.342 e. The molecule has 0 aliphatic heterocycles. The van der Waals surface area contributed by atoms with Crippen LogP contribution in [-0.4, -0.2) is 27.9 Å². The molecule has 4 heteroatoms. The predicted octanol–water partition coefficient (Wildman–Crippen LogP) is 1.15. The summed E-state index contributed by atoms with van der Waals surface area (Å²) in [7, 11) is 0. The molecule has 0 amide bonds. The van der Waals surface area contributed by atoms with Crippen molar-refractivity contribution in [3.05, 3.63) is 35.4 Å². The van der Waals surface area contributed by atoms with E-state index in [2.05, 4.69) is 13.8 Å². The normalized spacial score (nSPS) is 14.6. The van der Waals surface area contributed by atoms with Crippen LogP contribution in [0, 0.1) is 5.92 Å². The topological polar surface area (TPSA) is 77.8 Å². The molecule has 0 aliphatic rings. The Labute approximate surface area is 101 Å². The summed E-state index contributed by atoms with van der Waals surface area (Å²) in [5, 5.41) is 27.7. The minimum atomic E-state index is -2.21. The Morgan fingerprint density at radius 1 is 1.29 bits per heavy atom. The molecular formula is C13H18O4. The molecule has 0 radical (unpaired) electrons. The van der Waals surface area contributed by atoms with Gasteiger partial charge < -0.3 is 15.3 Å². The van der Waals surface area contributed by atoms with Crippen molar-refractivity contribution in [3.8, 4) is 0 Å². The lowest BCUT2D eigenvalue weighted by Gasteiger charge is -2.21. The molecule has 0 saturated carbocycles. The van der Waals surface area contributed by atoms with E-state index < -0.39 is 18.2 Å². The molecule has 1 aromatic carbocycles. The van der Waals surface area contributed by atoms with Gasteiger partial charge in [0.25, 0.3) is 0 Å². The van der Waals surface area contributed by atoms with Crippen molar-refractivity contribution in [2.24, 2.45) is 5.92 Å². The van der Waals surface area contributed by atoms with Crippen LogP contribution in [-0.2, 0) is 16.8 Å². The number of hydrogen-bond donors (Lipinski definition) is 3. The maximum atomic E-state index is 10.9. The fourth-order valence-electron chi connectivity index (χ4n) is 1.67. The Hall–Kier alpha value is -1.39. The van der Waals surface area contributed by atoms with Crippen LogP contribution in [0.2, 0.25) is 0 Å². The fraction of sp³-hybridized carbons (Fsp3) is 0.462. The third-order valence-electron chi connectivity index (χ3n) is 2.66. The first-order valence-electron chi connectivity index (χ1n) is 5.56. The van der Waals surface area contributed by atoms with Crippen LogP contribution in [0.4, 0.5) is 0 Å². The van der Waals surface area contributed by atoms with Crippen molar-refractivity contribution in [2.45, 2.75) is 25.9 Å². The Bertz CT molecular complexity index is 383. The SMILES string of the molecule is CC(C)Cc1ccc(C(O)(CO)C(=O)O)cc1. The average Bonchev–Trinajstić information content (AvgIpc) is 2.28. The smallest absolute Gasteiger partial charge is 0.342 e. The second-order valence-corrected chi connectivity index (χ2v) is 4.62. The number of rotatable bonds is 5. The standard InChI is InChI=1S/C13H18O4/c1-9(2)7-10-3-5-11(6-4-10)13(17,8-14)12(15)16/h3-6,9,14,17H,7-8H2,1-2H3,(H,15,16). The zero-order chi connectivity index (χ0) is 13.1. The van der Waals surface area contributed by atoms with Crippen LogP contribution in [0.15, 0.2) is 24.3 Å². The summed E-state index contributed by atoms with van der Waals surface area (Å²) in [5.41, 5.74) is -0.939. The zero-order valence-corrected chi connectivity index (χ0v) is 10.1. The largest absolute Gasteiger partial charge is 0.479 e. The second-order valence-electron chi connectivity index (χ2n) is 4.62. The second kappa shape index (κ2) is 5.29. The van der Waals surface area contributed by atoms with Gasteiger partial charge in [-0.2, -0.15) is 0 Å². The minimum absolute atomic E-state index is 0.194. The van der Waals surface area contributed by atoms with E-state index in [4.69, 9.17) is 10.2 Å². The lowest BCUT2D eigenvalue weighted by molar-refractivity contribution is -0.164. The van der Waals surface area contributed by atoms with Crippen molar-refractivity contribution in [2.75, 3.05) is 6.61 Å². The molecule has 94 valence electrons. The van der Waals surface area contributed by atoms with E-state index in [9.17, 15) is 9.90 Å². The van der Waals surface area contributed by atoms with Gasteiger partial charge in [-0.15, -0.1) is 0 Å². The molecule has 4 nitrogen and oxygen atoms in total. The van der Waals surface area contributed by atoms with Gasteiger partial charge in [0.15, 0.2) is 0 Å². The summed E-state index contributed by atoms with van der Waals surface area (Å²) in [5.74, 6) is -0.936. The third-order valence-corrected chi connectivity index (χ3v) is 2.66. The number of carboxylic acid groups (broad SMARTS) is 1. The molecule has 1 atom stereocenters. The van der Waals surface area contributed by atoms with Crippen LogP contribution < -0.4 is 0 Å². The van der Waals surface area contributed by atoms with Gasteiger partial charge in [-0.3, -0.25) is 0 Å². The highest BCUT2D eigenvalue weighted by molar-refractivity contribution is 5.79. The zero-order valence-electron chi connectivity index (χ0n) is 10.1. The van der Waals surface area contributed by atoms with E-state index in [1.165, 1.54) is 0 Å². The van der Waals surface area contributed by atoms with E-state index in [0.29, 0.717) is 5.92 Å². The first kappa shape index (κ1) is 13.7. The molecule has 17 heavy (non-hydrogen) atoms. The predicted molar refractivity (Wildman–Crippen MR) is 63.6 cm³/mol. The number of aliphatic hydroxyl groups excluding tert-OH is 1. The minimum Gasteiger partial charge on any atom is -0.479 e. The van der Waals surface area contributed by atoms with E-state index in [1.54, 1.807) is 24.3 Å². The van der Waals surface area contributed by atoms with Crippen LogP contribution >= 0.6 is 0 Å². The number of hydrogen-bond acceptors (Lipinski definition) is 3. The van der Waals surface area contributed by atoms with Gasteiger partial charge in [0.05, 0.1) is 6.61 Å². The third kappa shape index (κ3) is 3.05. The van der Waals surface area contributed by atoms with Gasteiger partial charge in [-0.1, -0.05) is 38.1 Å². The number of aliphatic hydroxyl groups is 2. The van der Waals surface area contributed by atoms with Gasteiger partial charge in [0.1, 0.15) is 0 Å². The Morgan fingerprint density at radius 2 is 1.82 bits per heavy atom. The molecule has 0 heterocycles. The molecule has 0 fully saturated rings. The average molecular weight is 238 g/mol. The molecule has 0 bridgehead atoms. The lowest BCUT2D eigenvalue weighted by Crippen LogP contribution is -2.39. The first-order valence-corrected chi connectivity index (χ1v) is 5.56. The molecule has 0 spiro atoms. The molecular weight excluding hydrogens is 220 g/mol. The van der Waals surface area contributed by atoms with E-state index in [1.807, 2.05) is 0 Å². The Morgan fingerprint density at radius 3 is 2.18 bits per heavy atom. The van der Waals surface area contributed by atoms with Gasteiger partial charge >= 0.3 is 5.97 Å². The molecule has 3 N–H and O–H groups in total. The van der Waals surface area contributed by atoms with Crippen LogP contribution in [0.3, 0.4) is 0 Å². The summed E-state index contributed by atoms with van der Waals surface area (Å²) in [4.78, 5) is 10.9. The highest BCUT2D eigenvalue weighted by Crippen LogP contribution is 2.22. The van der Waals surface area contributed by atoms with E-state index in [0.717, 1.165) is 12.0 Å². The first-order chi connectivity index (χ1) is 7.90. The van der Waals surface area contributed by atoms with Crippen molar-refractivity contribution in [1.82, 2.24) is 0 Å². The van der Waals surface area contributed by atoms with Gasteiger partial charge in [0, 0.05) is 0 Å². The Balaban J connectivity index is 2.97. The molecule has 1 rings (SSSR count). The van der Waals surface area contributed by atoms with Crippen molar-refractivity contribution in [3.63, 3.8) is 0 Å². The number of carbonyl (C=O) groups is 1. The lowest BCUT2D eigenvalue weighted by atomic mass is 9.92. The van der Waals surface area contributed by atoms with Crippen molar-refractivity contribution >= 4 is 5.97 Å². The molecule has 0 saturated heterocycles. The maximum absolute atomic E-state index is 10.9. The number of aliphatic carboxylic acids is 1. The Kier molecular flexibility index (Phi) is 4.26. The van der Waals surface area contributed by atoms with Gasteiger partial charge in [-0.05, 0) is 23.5 Å². The highest BCUT2D eigenvalue weighted by Gasteiger charge is 2.37. The molecule has 0 aromatic heterocycles.